The Labute approximate surface area is 217 Å². The minimum absolute atomic E-state index is 0.0375. The van der Waals surface area contributed by atoms with E-state index in [-0.39, 0.29) is 29.7 Å². The van der Waals surface area contributed by atoms with Gasteiger partial charge in [0.1, 0.15) is 0 Å². The first-order chi connectivity index (χ1) is 16.8. The lowest BCUT2D eigenvalue weighted by atomic mass is 9.77. The molecule has 2 aliphatic carbocycles. The SMILES string of the molecule is C/C=C\C=C(/CC)c1nc2ccc(Br)cc2c(C(=O)NC2C3CCC2CC(C(=O)O)C3)c1C.CC. The molecule has 1 aromatic carbocycles. The molecule has 0 spiro atoms. The van der Waals surface area contributed by atoms with E-state index in [1.807, 2.05) is 58.0 Å². The van der Waals surface area contributed by atoms with Crippen LogP contribution in [0.2, 0.25) is 0 Å². The summed E-state index contributed by atoms with van der Waals surface area (Å²) in [5.74, 6) is -0.618. The maximum atomic E-state index is 13.8. The summed E-state index contributed by atoms with van der Waals surface area (Å²) in [6.07, 6.45) is 10.1. The molecule has 2 atom stereocenters. The molecule has 0 saturated heterocycles. The van der Waals surface area contributed by atoms with E-state index in [1.54, 1.807) is 0 Å². The molecule has 2 bridgehead atoms. The smallest absolute Gasteiger partial charge is 0.306 e. The van der Waals surface area contributed by atoms with Gasteiger partial charge >= 0.3 is 5.97 Å². The van der Waals surface area contributed by atoms with Gasteiger partial charge in [0.2, 0.25) is 0 Å². The highest BCUT2D eigenvalue weighted by Crippen LogP contribution is 2.45. The molecule has 2 aliphatic rings. The predicted molar refractivity (Wildman–Crippen MR) is 146 cm³/mol. The number of carbonyl (C=O) groups is 2. The molecule has 2 N–H and O–H groups in total. The topological polar surface area (TPSA) is 79.3 Å². The number of halogens is 1. The van der Waals surface area contributed by atoms with Crippen molar-refractivity contribution in [1.29, 1.82) is 0 Å². The molecule has 4 rings (SSSR count). The summed E-state index contributed by atoms with van der Waals surface area (Å²) >= 11 is 3.55. The monoisotopic (exact) mass is 540 g/mol. The van der Waals surface area contributed by atoms with Crippen molar-refractivity contribution in [2.45, 2.75) is 72.8 Å². The molecule has 1 amide bonds. The normalized spacial score (nSPS) is 23.8. The fourth-order valence-corrected chi connectivity index (χ4v) is 6.06. The lowest BCUT2D eigenvalue weighted by Crippen LogP contribution is -2.46. The fourth-order valence-electron chi connectivity index (χ4n) is 5.70. The van der Waals surface area contributed by atoms with Gasteiger partial charge in [-0.15, -0.1) is 0 Å². The van der Waals surface area contributed by atoms with E-state index < -0.39 is 5.97 Å². The van der Waals surface area contributed by atoms with Gasteiger partial charge in [-0.3, -0.25) is 9.59 Å². The van der Waals surface area contributed by atoms with Crippen LogP contribution in [0.4, 0.5) is 0 Å². The van der Waals surface area contributed by atoms with E-state index in [0.29, 0.717) is 18.4 Å². The molecule has 2 saturated carbocycles. The van der Waals surface area contributed by atoms with Crippen LogP contribution in [0.25, 0.3) is 16.5 Å². The number of nitrogens with one attached hydrogen (secondary N) is 1. The molecule has 0 aliphatic heterocycles. The number of carboxylic acids is 1. The average Bonchev–Trinajstić information content (AvgIpc) is 3.06. The summed E-state index contributed by atoms with van der Waals surface area (Å²) in [4.78, 5) is 30.2. The number of pyridine rings is 1. The number of fused-ring (bicyclic) bond motifs is 3. The second kappa shape index (κ2) is 12.0. The van der Waals surface area contributed by atoms with Crippen molar-refractivity contribution in [2.24, 2.45) is 17.8 Å². The van der Waals surface area contributed by atoms with Crippen LogP contribution in [0.15, 0.2) is 40.9 Å². The number of hydrogen-bond donors (Lipinski definition) is 2. The maximum absolute atomic E-state index is 13.8. The van der Waals surface area contributed by atoms with Crippen LogP contribution < -0.4 is 5.32 Å². The Morgan fingerprint density at radius 2 is 1.86 bits per heavy atom. The molecule has 1 heterocycles. The Morgan fingerprint density at radius 3 is 2.43 bits per heavy atom. The van der Waals surface area contributed by atoms with Crippen LogP contribution in [0.5, 0.6) is 0 Å². The van der Waals surface area contributed by atoms with Gasteiger partial charge in [-0.25, -0.2) is 4.98 Å². The predicted octanol–water partition coefficient (Wildman–Crippen LogP) is 7.32. The lowest BCUT2D eigenvalue weighted by molar-refractivity contribution is -0.143. The second-order valence-electron chi connectivity index (χ2n) is 9.30. The van der Waals surface area contributed by atoms with Crippen LogP contribution in [-0.4, -0.2) is 28.0 Å². The maximum Gasteiger partial charge on any atom is 0.306 e. The Hall–Kier alpha value is -2.47. The third-order valence-electron chi connectivity index (χ3n) is 7.34. The molecule has 2 unspecified atom stereocenters. The van der Waals surface area contributed by atoms with Gasteiger partial charge in [-0.2, -0.15) is 0 Å². The highest BCUT2D eigenvalue weighted by Gasteiger charge is 2.45. The van der Waals surface area contributed by atoms with Crippen LogP contribution >= 0.6 is 15.9 Å². The second-order valence-corrected chi connectivity index (χ2v) is 10.2. The molecule has 2 fully saturated rings. The summed E-state index contributed by atoms with van der Waals surface area (Å²) in [6, 6.07) is 5.90. The van der Waals surface area contributed by atoms with Crippen LogP contribution in [0, 0.1) is 24.7 Å². The highest BCUT2D eigenvalue weighted by atomic mass is 79.9. The Morgan fingerprint density at radius 1 is 1.20 bits per heavy atom. The van der Waals surface area contributed by atoms with Crippen molar-refractivity contribution in [3.05, 3.63) is 57.7 Å². The Kier molecular flexibility index (Phi) is 9.28. The zero-order valence-corrected chi connectivity index (χ0v) is 23.0. The van der Waals surface area contributed by atoms with Gasteiger partial charge in [0.15, 0.2) is 0 Å². The highest BCUT2D eigenvalue weighted by molar-refractivity contribution is 9.10. The molecule has 188 valence electrons. The van der Waals surface area contributed by atoms with Gasteiger partial charge in [0, 0.05) is 15.9 Å². The Bertz CT molecular complexity index is 1140. The number of benzene rings is 1. The first-order valence-electron chi connectivity index (χ1n) is 12.8. The number of nitrogens with zero attached hydrogens (tertiary/aromatic N) is 1. The first-order valence-corrected chi connectivity index (χ1v) is 13.6. The number of amides is 1. The molecule has 35 heavy (non-hydrogen) atoms. The molecular weight excluding hydrogens is 504 g/mol. The van der Waals surface area contributed by atoms with E-state index in [1.165, 1.54) is 0 Å². The van der Waals surface area contributed by atoms with Crippen molar-refractivity contribution in [3.8, 4) is 0 Å². The van der Waals surface area contributed by atoms with E-state index in [0.717, 1.165) is 51.5 Å². The molecule has 2 aromatic rings. The van der Waals surface area contributed by atoms with Crippen LogP contribution in [0.1, 0.15) is 81.4 Å². The summed E-state index contributed by atoms with van der Waals surface area (Å²) < 4.78 is 0.903. The largest absolute Gasteiger partial charge is 0.481 e. The van der Waals surface area contributed by atoms with Gasteiger partial charge in [-0.05, 0) is 87.1 Å². The molecule has 1 aromatic heterocycles. The zero-order chi connectivity index (χ0) is 25.7. The standard InChI is InChI=1S/C27H31BrN2O3.C2H6/c1-4-6-7-16(5-2)24-15(3)23(21-14-20(28)10-11-22(21)29-24)26(31)30-25-17-8-9-18(25)13-19(12-17)27(32)33;1-2/h4,6-7,10-11,14,17-19,25H,5,8-9,12-13H2,1-3H3,(H,30,31)(H,32,33);1-2H3/b6-4-,16-7+;. The van der Waals surface area contributed by atoms with Gasteiger partial charge in [0.05, 0.1) is 22.7 Å². The van der Waals surface area contributed by atoms with E-state index in [9.17, 15) is 14.7 Å². The molecule has 6 heteroatoms. The quantitative estimate of drug-likeness (QED) is 0.376. The number of rotatable bonds is 6. The summed E-state index contributed by atoms with van der Waals surface area (Å²) in [7, 11) is 0. The number of aliphatic carboxylic acids is 1. The minimum atomic E-state index is -0.706. The fraction of sp³-hybridized carbons (Fsp3) is 0.483. The number of hydrogen-bond acceptors (Lipinski definition) is 3. The number of allylic oxidation sites excluding steroid dienone is 4. The third-order valence-corrected chi connectivity index (χ3v) is 7.83. The third kappa shape index (κ3) is 5.69. The molecule has 5 nitrogen and oxygen atoms in total. The van der Waals surface area contributed by atoms with Crippen molar-refractivity contribution in [1.82, 2.24) is 10.3 Å². The summed E-state index contributed by atoms with van der Waals surface area (Å²) in [5.41, 5.74) is 4.28. The van der Waals surface area contributed by atoms with Crippen molar-refractivity contribution in [2.75, 3.05) is 0 Å². The van der Waals surface area contributed by atoms with Crippen molar-refractivity contribution in [3.63, 3.8) is 0 Å². The summed E-state index contributed by atoms with van der Waals surface area (Å²) in [6.45, 7) is 10.1. The lowest BCUT2D eigenvalue weighted by Gasteiger charge is -2.34. The van der Waals surface area contributed by atoms with E-state index in [2.05, 4.69) is 34.2 Å². The van der Waals surface area contributed by atoms with E-state index >= 15 is 0 Å². The first kappa shape index (κ1) is 27.1. The zero-order valence-electron chi connectivity index (χ0n) is 21.4. The van der Waals surface area contributed by atoms with Gasteiger partial charge in [-0.1, -0.05) is 54.9 Å². The number of carboxylic acid groups (broad SMARTS) is 1. The van der Waals surface area contributed by atoms with Crippen LogP contribution in [-0.2, 0) is 4.79 Å². The number of carbonyl (C=O) groups excluding carboxylic acids is 1. The van der Waals surface area contributed by atoms with E-state index in [4.69, 9.17) is 4.98 Å². The number of aromatic nitrogens is 1. The van der Waals surface area contributed by atoms with Gasteiger partial charge in [0.25, 0.3) is 5.91 Å². The summed E-state index contributed by atoms with van der Waals surface area (Å²) in [5, 5.41) is 13.6. The Balaban J connectivity index is 0.00000167. The average molecular weight is 542 g/mol. The minimum Gasteiger partial charge on any atom is -0.481 e. The molecule has 0 radical (unpaired) electrons. The van der Waals surface area contributed by atoms with Gasteiger partial charge < -0.3 is 10.4 Å². The van der Waals surface area contributed by atoms with Crippen molar-refractivity contribution >= 4 is 44.3 Å². The van der Waals surface area contributed by atoms with Crippen LogP contribution in [0.3, 0.4) is 0 Å². The molecular formula is C29H37BrN2O3. The van der Waals surface area contributed by atoms with Crippen molar-refractivity contribution < 1.29 is 14.7 Å².